The molecule has 2 heterocycles. The van der Waals surface area contributed by atoms with Crippen LogP contribution in [-0.2, 0) is 4.74 Å². The average molecular weight is 344 g/mol. The van der Waals surface area contributed by atoms with Gasteiger partial charge < -0.3 is 9.64 Å². The monoisotopic (exact) mass is 344 g/mol. The van der Waals surface area contributed by atoms with Crippen molar-refractivity contribution < 1.29 is 14.3 Å². The molecule has 2 aliphatic heterocycles. The lowest BCUT2D eigenvalue weighted by atomic mass is 9.74. The van der Waals surface area contributed by atoms with Gasteiger partial charge in [-0.25, -0.2) is 4.79 Å². The van der Waals surface area contributed by atoms with Gasteiger partial charge in [-0.15, -0.1) is 0 Å². The number of carbonyl (C=O) groups is 2. The molecular formula is C20H28N2O3. The molecule has 1 spiro atoms. The minimum absolute atomic E-state index is 0.105. The third-order valence-electron chi connectivity index (χ3n) is 5.44. The molecule has 0 bridgehead atoms. The van der Waals surface area contributed by atoms with E-state index in [2.05, 4.69) is 11.8 Å². The van der Waals surface area contributed by atoms with Crippen LogP contribution in [0.15, 0.2) is 30.3 Å². The van der Waals surface area contributed by atoms with Crippen LogP contribution in [-0.4, -0.2) is 59.5 Å². The third-order valence-corrected chi connectivity index (χ3v) is 5.44. The second-order valence-corrected chi connectivity index (χ2v) is 8.38. The highest BCUT2D eigenvalue weighted by Gasteiger charge is 2.54. The zero-order valence-electron chi connectivity index (χ0n) is 15.6. The molecule has 2 aliphatic rings. The molecule has 2 saturated heterocycles. The lowest BCUT2D eigenvalue weighted by Crippen LogP contribution is -2.63. The summed E-state index contributed by atoms with van der Waals surface area (Å²) < 4.78 is 5.45. The Labute approximate surface area is 149 Å². The van der Waals surface area contributed by atoms with Gasteiger partial charge in [0.1, 0.15) is 5.60 Å². The molecule has 0 radical (unpaired) electrons. The van der Waals surface area contributed by atoms with Crippen molar-refractivity contribution in [3.05, 3.63) is 35.9 Å². The number of nitrogens with zero attached hydrogens (tertiary/aromatic N) is 2. The molecule has 3 rings (SSSR count). The number of likely N-dealkylation sites (tertiary alicyclic amines) is 2. The van der Waals surface area contributed by atoms with E-state index in [-0.39, 0.29) is 17.3 Å². The van der Waals surface area contributed by atoms with Gasteiger partial charge in [0.2, 0.25) is 0 Å². The molecule has 5 heteroatoms. The standard InChI is InChI=1S/C20H28N2O3/c1-15-20(13-22(14-20)18(24)25-19(2,3)4)10-11-21(15)12-17(23)16-8-6-5-7-9-16/h5-9,15H,10-14H2,1-4H3/t15-/m0/s1. The second-order valence-electron chi connectivity index (χ2n) is 8.38. The second kappa shape index (κ2) is 6.45. The Balaban J connectivity index is 1.56. The molecule has 0 aromatic heterocycles. The van der Waals surface area contributed by atoms with Gasteiger partial charge >= 0.3 is 6.09 Å². The number of amides is 1. The fourth-order valence-electron chi connectivity index (χ4n) is 3.86. The van der Waals surface area contributed by atoms with Gasteiger partial charge in [-0.1, -0.05) is 30.3 Å². The fraction of sp³-hybridized carbons (Fsp3) is 0.600. The molecule has 0 N–H and O–H groups in total. The lowest BCUT2D eigenvalue weighted by molar-refractivity contribution is -0.0441. The minimum Gasteiger partial charge on any atom is -0.444 e. The molecule has 136 valence electrons. The quantitative estimate of drug-likeness (QED) is 0.790. The first-order valence-corrected chi connectivity index (χ1v) is 9.00. The number of ketones is 1. The Morgan fingerprint density at radius 2 is 1.84 bits per heavy atom. The van der Waals surface area contributed by atoms with Crippen LogP contribution in [0.1, 0.15) is 44.5 Å². The van der Waals surface area contributed by atoms with E-state index >= 15 is 0 Å². The molecule has 0 saturated carbocycles. The summed E-state index contributed by atoms with van der Waals surface area (Å²) in [6, 6.07) is 9.74. The van der Waals surface area contributed by atoms with E-state index in [1.807, 2.05) is 51.1 Å². The van der Waals surface area contributed by atoms with E-state index in [9.17, 15) is 9.59 Å². The van der Waals surface area contributed by atoms with Crippen molar-refractivity contribution in [2.24, 2.45) is 5.41 Å². The molecule has 1 amide bonds. The summed E-state index contributed by atoms with van der Waals surface area (Å²) in [5.41, 5.74) is 0.406. The maximum absolute atomic E-state index is 12.5. The third kappa shape index (κ3) is 3.71. The molecule has 1 atom stereocenters. The first kappa shape index (κ1) is 17.9. The van der Waals surface area contributed by atoms with Crippen LogP contribution in [0.25, 0.3) is 0 Å². The van der Waals surface area contributed by atoms with Gasteiger partial charge in [0.25, 0.3) is 0 Å². The van der Waals surface area contributed by atoms with Crippen LogP contribution in [0.5, 0.6) is 0 Å². The molecular weight excluding hydrogens is 316 g/mol. The van der Waals surface area contributed by atoms with Crippen molar-refractivity contribution in [1.29, 1.82) is 0 Å². The summed E-state index contributed by atoms with van der Waals surface area (Å²) in [7, 11) is 0. The van der Waals surface area contributed by atoms with E-state index in [1.165, 1.54) is 0 Å². The van der Waals surface area contributed by atoms with Crippen LogP contribution >= 0.6 is 0 Å². The zero-order chi connectivity index (χ0) is 18.2. The van der Waals surface area contributed by atoms with Gasteiger partial charge in [-0.2, -0.15) is 0 Å². The Hall–Kier alpha value is -1.88. The Morgan fingerprint density at radius 1 is 1.20 bits per heavy atom. The van der Waals surface area contributed by atoms with Crippen LogP contribution in [0.2, 0.25) is 0 Å². The van der Waals surface area contributed by atoms with Gasteiger partial charge in [0.15, 0.2) is 5.78 Å². The predicted octanol–water partition coefficient (Wildman–Crippen LogP) is 3.20. The number of hydrogen-bond acceptors (Lipinski definition) is 4. The summed E-state index contributed by atoms with van der Waals surface area (Å²) in [6.07, 6.45) is 0.791. The summed E-state index contributed by atoms with van der Waals surface area (Å²) in [4.78, 5) is 28.7. The molecule has 0 unspecified atom stereocenters. The smallest absolute Gasteiger partial charge is 0.410 e. The Bertz CT molecular complexity index is 645. The van der Waals surface area contributed by atoms with E-state index < -0.39 is 5.60 Å². The number of Topliss-reactive ketones (excluding diaryl/α,β-unsaturated/α-hetero) is 1. The van der Waals surface area contributed by atoms with Crippen LogP contribution < -0.4 is 0 Å². The normalized spacial score (nSPS) is 22.7. The van der Waals surface area contributed by atoms with Gasteiger partial charge in [-0.3, -0.25) is 9.69 Å². The van der Waals surface area contributed by atoms with Crippen LogP contribution in [0, 0.1) is 5.41 Å². The first-order valence-electron chi connectivity index (χ1n) is 9.00. The number of benzene rings is 1. The summed E-state index contributed by atoms with van der Waals surface area (Å²) in [5, 5.41) is 0. The summed E-state index contributed by atoms with van der Waals surface area (Å²) in [6.45, 7) is 10.6. The maximum Gasteiger partial charge on any atom is 0.410 e. The molecule has 0 aliphatic carbocycles. The van der Waals surface area contributed by atoms with Gasteiger partial charge in [0.05, 0.1) is 6.54 Å². The Kier molecular flexibility index (Phi) is 4.62. The molecule has 5 nitrogen and oxygen atoms in total. The fourth-order valence-corrected chi connectivity index (χ4v) is 3.86. The van der Waals surface area contributed by atoms with E-state index in [1.54, 1.807) is 4.90 Å². The molecule has 1 aromatic carbocycles. The maximum atomic E-state index is 12.5. The molecule has 2 fully saturated rings. The van der Waals surface area contributed by atoms with E-state index in [0.29, 0.717) is 12.6 Å². The van der Waals surface area contributed by atoms with Crippen molar-refractivity contribution in [1.82, 2.24) is 9.80 Å². The number of carbonyl (C=O) groups excluding carboxylic acids is 2. The van der Waals surface area contributed by atoms with E-state index in [4.69, 9.17) is 4.74 Å². The van der Waals surface area contributed by atoms with Crippen molar-refractivity contribution in [3.63, 3.8) is 0 Å². The number of rotatable bonds is 3. The largest absolute Gasteiger partial charge is 0.444 e. The summed E-state index contributed by atoms with van der Waals surface area (Å²) in [5.74, 6) is 0.160. The van der Waals surface area contributed by atoms with Crippen LogP contribution in [0.3, 0.4) is 0 Å². The molecule has 1 aromatic rings. The topological polar surface area (TPSA) is 49.9 Å². The predicted molar refractivity (Wildman–Crippen MR) is 96.7 cm³/mol. The highest BCUT2D eigenvalue weighted by molar-refractivity contribution is 5.97. The van der Waals surface area contributed by atoms with Crippen molar-refractivity contribution in [2.45, 2.75) is 45.8 Å². The van der Waals surface area contributed by atoms with Crippen LogP contribution in [0.4, 0.5) is 4.79 Å². The Morgan fingerprint density at radius 3 is 2.44 bits per heavy atom. The SMILES string of the molecule is C[C@@H]1N(CC(=O)c2ccccc2)CCC12CN(C(=O)OC(C)(C)C)C2. The van der Waals surface area contributed by atoms with E-state index in [0.717, 1.165) is 31.6 Å². The lowest BCUT2D eigenvalue weighted by Gasteiger charge is -2.51. The highest BCUT2D eigenvalue weighted by Crippen LogP contribution is 2.44. The number of hydrogen-bond donors (Lipinski definition) is 0. The minimum atomic E-state index is -0.463. The van der Waals surface area contributed by atoms with Gasteiger partial charge in [-0.05, 0) is 40.7 Å². The average Bonchev–Trinajstić information content (AvgIpc) is 2.82. The van der Waals surface area contributed by atoms with Gasteiger partial charge in [0, 0.05) is 30.1 Å². The summed E-state index contributed by atoms with van der Waals surface area (Å²) >= 11 is 0. The first-order chi connectivity index (χ1) is 11.7. The van der Waals surface area contributed by atoms with Crippen molar-refractivity contribution in [2.75, 3.05) is 26.2 Å². The molecule has 25 heavy (non-hydrogen) atoms. The number of ether oxygens (including phenoxy) is 1. The zero-order valence-corrected chi connectivity index (χ0v) is 15.6. The van der Waals surface area contributed by atoms with Crippen molar-refractivity contribution in [3.8, 4) is 0 Å². The van der Waals surface area contributed by atoms with Crippen molar-refractivity contribution >= 4 is 11.9 Å². The highest BCUT2D eigenvalue weighted by atomic mass is 16.6.